The van der Waals surface area contributed by atoms with E-state index < -0.39 is 0 Å². The standard InChI is InChI=1S/C33H28N4O3S/c1-36-17-15-20-5-4-7-26(29(20)36)31(38)34-23-11-9-21(10-12-23)33(40)37-18-16-22-19-28(32(39)35-24-13-14-24)41-30(22)25-6-2-3-8-27(25)37/h2-12,15,17,19,24H,13-14,16,18H2,1H3,(H,34,38)(H,35,39). The van der Waals surface area contributed by atoms with Crippen LogP contribution in [0.1, 0.15) is 48.8 Å². The van der Waals surface area contributed by atoms with Gasteiger partial charge in [-0.2, -0.15) is 0 Å². The molecule has 0 unspecified atom stereocenters. The van der Waals surface area contributed by atoms with Crippen LogP contribution in [0.25, 0.3) is 21.3 Å². The number of amides is 3. The first-order valence-electron chi connectivity index (χ1n) is 13.8. The molecule has 2 N–H and O–H groups in total. The van der Waals surface area contributed by atoms with Crippen LogP contribution in [0.2, 0.25) is 0 Å². The van der Waals surface area contributed by atoms with Gasteiger partial charge in [-0.05, 0) is 73.4 Å². The minimum atomic E-state index is -0.200. The minimum absolute atomic E-state index is 0.0106. The maximum absolute atomic E-state index is 13.8. The highest BCUT2D eigenvalue weighted by atomic mass is 32.1. The Labute approximate surface area is 241 Å². The third kappa shape index (κ3) is 4.70. The number of hydrogen-bond acceptors (Lipinski definition) is 4. The lowest BCUT2D eigenvalue weighted by Gasteiger charge is -2.23. The van der Waals surface area contributed by atoms with Crippen molar-refractivity contribution >= 4 is 51.3 Å². The van der Waals surface area contributed by atoms with Crippen molar-refractivity contribution in [1.82, 2.24) is 9.88 Å². The Hall–Kier alpha value is -4.69. The van der Waals surface area contributed by atoms with Gasteiger partial charge in [0.05, 0.1) is 21.6 Å². The lowest BCUT2D eigenvalue weighted by molar-refractivity contribution is 0.0952. The quantitative estimate of drug-likeness (QED) is 0.266. The maximum atomic E-state index is 13.8. The molecule has 5 aromatic rings. The number of aryl methyl sites for hydroxylation is 1. The van der Waals surface area contributed by atoms with Gasteiger partial charge in [0.1, 0.15) is 0 Å². The molecule has 2 aromatic heterocycles. The third-order valence-electron chi connectivity index (χ3n) is 7.77. The summed E-state index contributed by atoms with van der Waals surface area (Å²) in [5.74, 6) is -0.316. The molecular formula is C33H28N4O3S. The van der Waals surface area contributed by atoms with Gasteiger partial charge in [-0.1, -0.05) is 30.3 Å². The molecular weight excluding hydrogens is 532 g/mol. The van der Waals surface area contributed by atoms with Crippen LogP contribution in [0.15, 0.2) is 85.1 Å². The van der Waals surface area contributed by atoms with Gasteiger partial charge in [-0.3, -0.25) is 14.4 Å². The van der Waals surface area contributed by atoms with Crippen LogP contribution in [-0.4, -0.2) is 34.9 Å². The van der Waals surface area contributed by atoms with Crippen LogP contribution in [0.3, 0.4) is 0 Å². The number of nitrogens with one attached hydrogen (secondary N) is 2. The number of carbonyl (C=O) groups is 3. The first-order chi connectivity index (χ1) is 20.0. The van der Waals surface area contributed by atoms with Crippen LogP contribution in [-0.2, 0) is 13.5 Å². The van der Waals surface area contributed by atoms with Gasteiger partial charge in [0.2, 0.25) is 0 Å². The molecule has 1 aliphatic carbocycles. The van der Waals surface area contributed by atoms with Crippen molar-refractivity contribution in [3.05, 3.63) is 107 Å². The zero-order valence-corrected chi connectivity index (χ0v) is 23.3. The summed E-state index contributed by atoms with van der Waals surface area (Å²) in [6.07, 6.45) is 4.69. The number of para-hydroxylation sites is 2. The van der Waals surface area contributed by atoms with Gasteiger partial charge in [-0.25, -0.2) is 0 Å². The highest BCUT2D eigenvalue weighted by Crippen LogP contribution is 2.42. The fraction of sp³-hybridized carbons (Fsp3) is 0.182. The monoisotopic (exact) mass is 560 g/mol. The van der Waals surface area contributed by atoms with Crippen molar-refractivity contribution in [2.24, 2.45) is 7.05 Å². The first kappa shape index (κ1) is 25.3. The Morgan fingerprint density at radius 3 is 2.51 bits per heavy atom. The predicted molar refractivity (Wildman–Crippen MR) is 163 cm³/mol. The molecule has 1 saturated carbocycles. The fourth-order valence-electron chi connectivity index (χ4n) is 5.49. The molecule has 0 bridgehead atoms. The van der Waals surface area contributed by atoms with Crippen molar-refractivity contribution in [2.45, 2.75) is 25.3 Å². The zero-order chi connectivity index (χ0) is 28.1. The number of anilines is 2. The van der Waals surface area contributed by atoms with E-state index in [0.717, 1.165) is 50.3 Å². The van der Waals surface area contributed by atoms with Crippen LogP contribution < -0.4 is 15.5 Å². The number of carbonyl (C=O) groups excluding carboxylic acids is 3. The molecule has 8 heteroatoms. The van der Waals surface area contributed by atoms with E-state index in [1.807, 2.05) is 77.3 Å². The maximum Gasteiger partial charge on any atom is 0.261 e. The Bertz CT molecular complexity index is 1830. The molecule has 0 radical (unpaired) electrons. The van der Waals surface area contributed by atoms with Crippen molar-refractivity contribution in [1.29, 1.82) is 0 Å². The van der Waals surface area contributed by atoms with E-state index in [9.17, 15) is 14.4 Å². The number of aromatic nitrogens is 1. The normalized spacial score (nSPS) is 14.2. The molecule has 41 heavy (non-hydrogen) atoms. The summed E-state index contributed by atoms with van der Waals surface area (Å²) < 4.78 is 1.94. The summed E-state index contributed by atoms with van der Waals surface area (Å²) in [5.41, 5.74) is 5.51. The van der Waals surface area contributed by atoms with E-state index in [4.69, 9.17) is 0 Å². The number of nitrogens with zero attached hydrogens (tertiary/aromatic N) is 2. The second kappa shape index (κ2) is 10.1. The highest BCUT2D eigenvalue weighted by molar-refractivity contribution is 7.17. The van der Waals surface area contributed by atoms with Crippen LogP contribution in [0.5, 0.6) is 0 Å². The Morgan fingerprint density at radius 2 is 1.71 bits per heavy atom. The Balaban J connectivity index is 1.12. The molecule has 2 aliphatic rings. The first-order valence-corrected chi connectivity index (χ1v) is 14.6. The Kier molecular flexibility index (Phi) is 6.20. The van der Waals surface area contributed by atoms with Gasteiger partial charge in [0.15, 0.2) is 0 Å². The molecule has 3 aromatic carbocycles. The number of fused-ring (bicyclic) bond motifs is 4. The fourth-order valence-corrected chi connectivity index (χ4v) is 6.64. The molecule has 1 aliphatic heterocycles. The summed E-state index contributed by atoms with van der Waals surface area (Å²) in [4.78, 5) is 43.2. The van der Waals surface area contributed by atoms with Crippen LogP contribution >= 0.6 is 11.3 Å². The Morgan fingerprint density at radius 1 is 0.902 bits per heavy atom. The average molecular weight is 561 g/mol. The number of hydrogen-bond donors (Lipinski definition) is 2. The second-order valence-corrected chi connectivity index (χ2v) is 11.7. The number of benzene rings is 3. The largest absolute Gasteiger partial charge is 0.350 e. The zero-order valence-electron chi connectivity index (χ0n) is 22.5. The lowest BCUT2D eigenvalue weighted by atomic mass is 10.1. The van der Waals surface area contributed by atoms with Crippen molar-refractivity contribution in [3.8, 4) is 10.4 Å². The molecule has 0 saturated heterocycles. The summed E-state index contributed by atoms with van der Waals surface area (Å²) in [6, 6.07) is 24.9. The van der Waals surface area contributed by atoms with Gasteiger partial charge in [0.25, 0.3) is 17.7 Å². The van der Waals surface area contributed by atoms with Gasteiger partial charge < -0.3 is 20.1 Å². The molecule has 7 rings (SSSR count). The molecule has 1 fully saturated rings. The molecule has 3 heterocycles. The highest BCUT2D eigenvalue weighted by Gasteiger charge is 2.29. The van der Waals surface area contributed by atoms with E-state index >= 15 is 0 Å². The third-order valence-corrected chi connectivity index (χ3v) is 8.98. The van der Waals surface area contributed by atoms with Crippen LogP contribution in [0, 0.1) is 0 Å². The summed E-state index contributed by atoms with van der Waals surface area (Å²) >= 11 is 1.49. The van der Waals surface area contributed by atoms with E-state index in [0.29, 0.717) is 35.8 Å². The summed E-state index contributed by atoms with van der Waals surface area (Å²) in [6.45, 7) is 0.502. The summed E-state index contributed by atoms with van der Waals surface area (Å²) in [5, 5.41) is 7.06. The molecule has 3 amide bonds. The predicted octanol–water partition coefficient (Wildman–Crippen LogP) is 6.25. The molecule has 7 nitrogen and oxygen atoms in total. The average Bonchev–Trinajstić information content (AvgIpc) is 3.62. The topological polar surface area (TPSA) is 83.4 Å². The van der Waals surface area contributed by atoms with Gasteiger partial charge >= 0.3 is 0 Å². The van der Waals surface area contributed by atoms with E-state index in [1.165, 1.54) is 11.3 Å². The van der Waals surface area contributed by atoms with E-state index in [1.54, 1.807) is 24.3 Å². The number of rotatable bonds is 5. The van der Waals surface area contributed by atoms with E-state index in [2.05, 4.69) is 10.6 Å². The SMILES string of the molecule is Cn1ccc2cccc(C(=O)Nc3ccc(C(=O)N4CCc5cc(C(=O)NC6CC6)sc5-c5ccccc54)cc3)c21. The van der Waals surface area contributed by atoms with E-state index in [-0.39, 0.29) is 17.7 Å². The lowest BCUT2D eigenvalue weighted by Crippen LogP contribution is -2.32. The van der Waals surface area contributed by atoms with Gasteiger partial charge in [-0.15, -0.1) is 11.3 Å². The number of thiophene rings is 1. The van der Waals surface area contributed by atoms with Gasteiger partial charge in [0, 0.05) is 52.9 Å². The summed E-state index contributed by atoms with van der Waals surface area (Å²) in [7, 11) is 1.92. The minimum Gasteiger partial charge on any atom is -0.350 e. The molecule has 0 atom stereocenters. The molecule has 0 spiro atoms. The van der Waals surface area contributed by atoms with Crippen molar-refractivity contribution in [3.63, 3.8) is 0 Å². The van der Waals surface area contributed by atoms with Crippen LogP contribution in [0.4, 0.5) is 11.4 Å². The smallest absolute Gasteiger partial charge is 0.261 e. The van der Waals surface area contributed by atoms with Crippen molar-refractivity contribution < 1.29 is 14.4 Å². The second-order valence-electron chi connectivity index (χ2n) is 10.6. The molecule has 204 valence electrons. The van der Waals surface area contributed by atoms with Crippen molar-refractivity contribution in [2.75, 3.05) is 16.8 Å².